The summed E-state index contributed by atoms with van der Waals surface area (Å²) in [4.78, 5) is 4.08. The van der Waals surface area contributed by atoms with E-state index in [1.54, 1.807) is 13.1 Å². The van der Waals surface area contributed by atoms with Crippen molar-refractivity contribution in [2.45, 2.75) is 20.8 Å². The molecule has 0 saturated carbocycles. The molecule has 0 fully saturated rings. The van der Waals surface area contributed by atoms with E-state index in [-0.39, 0.29) is 0 Å². The number of hydrogen-bond donors (Lipinski definition) is 0. The Morgan fingerprint density at radius 1 is 1.35 bits per heavy atom. The van der Waals surface area contributed by atoms with Crippen LogP contribution in [0.5, 0.6) is 5.75 Å². The lowest BCUT2D eigenvalue weighted by molar-refractivity contribution is 0.377. The van der Waals surface area contributed by atoms with Gasteiger partial charge in [0.15, 0.2) is 0 Å². The van der Waals surface area contributed by atoms with Crippen LogP contribution in [0.15, 0.2) is 41.4 Å². The molecule has 0 unspecified atom stereocenters. The molecule has 2 nitrogen and oxygen atoms in total. The minimum absolute atomic E-state index is 0.435. The number of nitrogens with zero attached hydrogens (tertiary/aromatic N) is 1. The first-order valence-electron chi connectivity index (χ1n) is 5.73. The largest absolute Gasteiger partial charge is 0.486 e. The van der Waals surface area contributed by atoms with Crippen molar-refractivity contribution < 1.29 is 4.74 Å². The molecule has 0 radical (unpaired) electrons. The van der Waals surface area contributed by atoms with Gasteiger partial charge in [0.2, 0.25) is 0 Å². The summed E-state index contributed by atoms with van der Waals surface area (Å²) < 4.78 is 5.53. The molecule has 3 heteroatoms. The number of para-hydroxylation sites is 1. The molecule has 0 aromatic heterocycles. The van der Waals surface area contributed by atoms with Gasteiger partial charge in [-0.05, 0) is 25.1 Å². The number of ether oxygens (including phenoxy) is 1. The van der Waals surface area contributed by atoms with Crippen molar-refractivity contribution in [2.24, 2.45) is 4.99 Å². The lowest BCUT2D eigenvalue weighted by Gasteiger charge is -2.07. The number of rotatable bonds is 4. The molecule has 0 aliphatic carbocycles. The zero-order chi connectivity index (χ0) is 13.1. The predicted octanol–water partition coefficient (Wildman–Crippen LogP) is 4.39. The van der Waals surface area contributed by atoms with Crippen molar-refractivity contribution in [3.8, 4) is 5.75 Å². The van der Waals surface area contributed by atoms with Gasteiger partial charge in [-0.25, -0.2) is 0 Å². The summed E-state index contributed by atoms with van der Waals surface area (Å²) in [7, 11) is 1.74. The van der Waals surface area contributed by atoms with Crippen molar-refractivity contribution in [3.05, 3.63) is 41.4 Å². The molecule has 0 aliphatic rings. The summed E-state index contributed by atoms with van der Waals surface area (Å²) in [6, 6.07) is 7.40. The fourth-order valence-corrected chi connectivity index (χ4v) is 1.28. The third-order valence-electron chi connectivity index (χ3n) is 1.86. The van der Waals surface area contributed by atoms with E-state index in [2.05, 4.69) is 4.99 Å². The maximum Gasteiger partial charge on any atom is 0.138 e. The van der Waals surface area contributed by atoms with E-state index in [0.717, 1.165) is 5.71 Å². The Balaban J connectivity index is 0.00000121. The van der Waals surface area contributed by atoms with Crippen LogP contribution >= 0.6 is 11.6 Å². The average Bonchev–Trinajstić information content (AvgIpc) is 2.38. The van der Waals surface area contributed by atoms with Crippen molar-refractivity contribution in [1.29, 1.82) is 0 Å². The van der Waals surface area contributed by atoms with Gasteiger partial charge in [0.25, 0.3) is 0 Å². The van der Waals surface area contributed by atoms with Gasteiger partial charge in [-0.1, -0.05) is 43.7 Å². The SMILES string of the molecule is C/C=C\C(COc1ccccc1Cl)=NC.CC. The van der Waals surface area contributed by atoms with Crippen LogP contribution < -0.4 is 4.74 Å². The number of benzene rings is 1. The van der Waals surface area contributed by atoms with Crippen LogP contribution in [0.4, 0.5) is 0 Å². The quantitative estimate of drug-likeness (QED) is 0.729. The van der Waals surface area contributed by atoms with E-state index in [1.165, 1.54) is 0 Å². The molecule has 0 atom stereocenters. The minimum atomic E-state index is 0.435. The first kappa shape index (κ1) is 15.7. The molecule has 1 aromatic rings. The van der Waals surface area contributed by atoms with Crippen LogP contribution in [0.2, 0.25) is 5.02 Å². The Labute approximate surface area is 109 Å². The van der Waals surface area contributed by atoms with Gasteiger partial charge in [0.1, 0.15) is 12.4 Å². The van der Waals surface area contributed by atoms with Crippen LogP contribution in [-0.2, 0) is 0 Å². The smallest absolute Gasteiger partial charge is 0.138 e. The van der Waals surface area contributed by atoms with E-state index in [4.69, 9.17) is 16.3 Å². The third kappa shape index (κ3) is 6.12. The highest BCUT2D eigenvalue weighted by Crippen LogP contribution is 2.22. The monoisotopic (exact) mass is 253 g/mol. The van der Waals surface area contributed by atoms with E-state index in [9.17, 15) is 0 Å². The molecular formula is C14H20ClNO. The highest BCUT2D eigenvalue weighted by Gasteiger charge is 2.00. The summed E-state index contributed by atoms with van der Waals surface area (Å²) in [5, 5.41) is 0.619. The molecule has 0 spiro atoms. The Hall–Kier alpha value is -1.28. The van der Waals surface area contributed by atoms with Crippen LogP contribution in [-0.4, -0.2) is 19.4 Å². The normalized spacial score (nSPS) is 11.0. The fourth-order valence-electron chi connectivity index (χ4n) is 1.09. The summed E-state index contributed by atoms with van der Waals surface area (Å²) in [6.07, 6.45) is 3.84. The molecule has 1 rings (SSSR count). The standard InChI is InChI=1S/C12H14ClNO.C2H6/c1-3-6-10(14-2)9-15-12-8-5-4-7-11(12)13;1-2/h3-8H,9H2,1-2H3;1-2H3/b6-3-,14-10?;. The first-order chi connectivity index (χ1) is 8.27. The Morgan fingerprint density at radius 2 is 2.00 bits per heavy atom. The second kappa shape index (κ2) is 9.91. The first-order valence-corrected chi connectivity index (χ1v) is 6.11. The summed E-state index contributed by atoms with van der Waals surface area (Å²) >= 11 is 5.95. The zero-order valence-corrected chi connectivity index (χ0v) is 11.7. The summed E-state index contributed by atoms with van der Waals surface area (Å²) in [5.41, 5.74) is 0.886. The third-order valence-corrected chi connectivity index (χ3v) is 2.17. The van der Waals surface area contributed by atoms with Gasteiger partial charge in [-0.3, -0.25) is 4.99 Å². The van der Waals surface area contributed by atoms with Gasteiger partial charge < -0.3 is 4.74 Å². The molecule has 0 amide bonds. The molecular weight excluding hydrogens is 234 g/mol. The maximum atomic E-state index is 5.95. The van der Waals surface area contributed by atoms with Gasteiger partial charge in [-0.15, -0.1) is 0 Å². The second-order valence-electron chi connectivity index (χ2n) is 2.93. The van der Waals surface area contributed by atoms with Crippen LogP contribution in [0.3, 0.4) is 0 Å². The molecule has 94 valence electrons. The lowest BCUT2D eigenvalue weighted by Crippen LogP contribution is -2.08. The van der Waals surface area contributed by atoms with Crippen molar-refractivity contribution >= 4 is 17.3 Å². The summed E-state index contributed by atoms with van der Waals surface area (Å²) in [5.74, 6) is 0.685. The summed E-state index contributed by atoms with van der Waals surface area (Å²) in [6.45, 7) is 6.38. The van der Waals surface area contributed by atoms with Gasteiger partial charge in [-0.2, -0.15) is 0 Å². The topological polar surface area (TPSA) is 21.6 Å². The maximum absolute atomic E-state index is 5.95. The molecule has 0 saturated heterocycles. The second-order valence-corrected chi connectivity index (χ2v) is 3.34. The highest BCUT2D eigenvalue weighted by molar-refractivity contribution is 6.32. The van der Waals surface area contributed by atoms with Gasteiger partial charge in [0.05, 0.1) is 10.7 Å². The van der Waals surface area contributed by atoms with Gasteiger partial charge in [0, 0.05) is 7.05 Å². The molecule has 0 bridgehead atoms. The molecule has 1 aromatic carbocycles. The minimum Gasteiger partial charge on any atom is -0.486 e. The average molecular weight is 254 g/mol. The van der Waals surface area contributed by atoms with Crippen molar-refractivity contribution in [2.75, 3.05) is 13.7 Å². The highest BCUT2D eigenvalue weighted by atomic mass is 35.5. The lowest BCUT2D eigenvalue weighted by atomic mass is 10.3. The van der Waals surface area contributed by atoms with E-state index in [1.807, 2.05) is 51.1 Å². The number of hydrogen-bond acceptors (Lipinski definition) is 2. The number of allylic oxidation sites excluding steroid dienone is 1. The van der Waals surface area contributed by atoms with Gasteiger partial charge >= 0.3 is 0 Å². The zero-order valence-electron chi connectivity index (χ0n) is 10.9. The molecule has 0 heterocycles. The Kier molecular flexibility index (Phi) is 9.17. The molecule has 0 N–H and O–H groups in total. The van der Waals surface area contributed by atoms with Crippen LogP contribution in [0.25, 0.3) is 0 Å². The van der Waals surface area contributed by atoms with Crippen LogP contribution in [0, 0.1) is 0 Å². The Bertz CT molecular complexity index is 372. The fraction of sp³-hybridized carbons (Fsp3) is 0.357. The predicted molar refractivity (Wildman–Crippen MR) is 76.5 cm³/mol. The number of aliphatic imine (C=N–C) groups is 1. The Morgan fingerprint density at radius 3 is 2.53 bits per heavy atom. The van der Waals surface area contributed by atoms with Crippen molar-refractivity contribution in [3.63, 3.8) is 0 Å². The molecule has 17 heavy (non-hydrogen) atoms. The van der Waals surface area contributed by atoms with E-state index < -0.39 is 0 Å². The van der Waals surface area contributed by atoms with Crippen molar-refractivity contribution in [1.82, 2.24) is 0 Å². The van der Waals surface area contributed by atoms with E-state index in [0.29, 0.717) is 17.4 Å². The van der Waals surface area contributed by atoms with E-state index >= 15 is 0 Å². The van der Waals surface area contributed by atoms with Crippen LogP contribution in [0.1, 0.15) is 20.8 Å². The molecule has 0 aliphatic heterocycles. The number of halogens is 1.